The number of thiophene rings is 1. The molecule has 0 fully saturated rings. The molecule has 0 spiro atoms. The van der Waals surface area contributed by atoms with Crippen LogP contribution in [0.15, 0.2) is 35.0 Å². The molecule has 2 nitrogen and oxygen atoms in total. The van der Waals surface area contributed by atoms with E-state index >= 15 is 0 Å². The molecule has 0 radical (unpaired) electrons. The first-order chi connectivity index (χ1) is 10.1. The predicted molar refractivity (Wildman–Crippen MR) is 94.4 cm³/mol. The molecule has 0 bridgehead atoms. The zero-order chi connectivity index (χ0) is 15.2. The van der Waals surface area contributed by atoms with E-state index in [0.717, 1.165) is 35.9 Å². The fourth-order valence-electron chi connectivity index (χ4n) is 2.16. The molecule has 1 N–H and O–H groups in total. The van der Waals surface area contributed by atoms with Crippen LogP contribution >= 0.6 is 22.9 Å². The average molecular weight is 323 g/mol. The summed E-state index contributed by atoms with van der Waals surface area (Å²) < 4.78 is 0. The van der Waals surface area contributed by atoms with Crippen LogP contribution in [0.5, 0.6) is 0 Å². The lowest BCUT2D eigenvalue weighted by molar-refractivity contribution is 0.552. The minimum Gasteiger partial charge on any atom is -0.370 e. The summed E-state index contributed by atoms with van der Waals surface area (Å²) in [5, 5.41) is 8.56. The highest BCUT2D eigenvalue weighted by Gasteiger charge is 2.07. The predicted octanol–water partition coefficient (Wildman–Crippen LogP) is 4.78. The van der Waals surface area contributed by atoms with E-state index in [-0.39, 0.29) is 0 Å². The van der Waals surface area contributed by atoms with Crippen molar-refractivity contribution in [3.63, 3.8) is 0 Å². The van der Waals surface area contributed by atoms with Crippen molar-refractivity contribution in [2.75, 3.05) is 18.5 Å². The fourth-order valence-corrected chi connectivity index (χ4v) is 3.06. The Morgan fingerprint density at radius 3 is 2.71 bits per heavy atom. The number of nitrogens with zero attached hydrogens (tertiary/aromatic N) is 1. The van der Waals surface area contributed by atoms with E-state index in [1.54, 1.807) is 11.3 Å². The summed E-state index contributed by atoms with van der Waals surface area (Å²) >= 11 is 8.14. The SMILES string of the molecule is CC(C)CNCc1ccc(N(C)Cc2ccsc2)cc1Cl. The highest BCUT2D eigenvalue weighted by Crippen LogP contribution is 2.24. The van der Waals surface area contributed by atoms with Gasteiger partial charge in [0, 0.05) is 30.8 Å². The molecule has 21 heavy (non-hydrogen) atoms. The van der Waals surface area contributed by atoms with Crippen LogP contribution in [0.3, 0.4) is 0 Å². The van der Waals surface area contributed by atoms with Crippen molar-refractivity contribution in [3.05, 3.63) is 51.2 Å². The summed E-state index contributed by atoms with van der Waals surface area (Å²) in [6, 6.07) is 8.48. The van der Waals surface area contributed by atoms with Gasteiger partial charge in [-0.25, -0.2) is 0 Å². The first kappa shape index (κ1) is 16.3. The van der Waals surface area contributed by atoms with Gasteiger partial charge < -0.3 is 10.2 Å². The number of benzene rings is 1. The maximum Gasteiger partial charge on any atom is 0.0471 e. The summed E-state index contributed by atoms with van der Waals surface area (Å²) in [5.74, 6) is 0.653. The van der Waals surface area contributed by atoms with Crippen molar-refractivity contribution in [1.29, 1.82) is 0 Å². The Labute approximate surface area is 136 Å². The molecule has 1 heterocycles. The molecular weight excluding hydrogens is 300 g/mol. The van der Waals surface area contributed by atoms with Crippen LogP contribution in [0, 0.1) is 5.92 Å². The molecule has 0 atom stereocenters. The van der Waals surface area contributed by atoms with Crippen LogP contribution < -0.4 is 10.2 Å². The van der Waals surface area contributed by atoms with Crippen molar-refractivity contribution >= 4 is 28.6 Å². The molecule has 4 heteroatoms. The van der Waals surface area contributed by atoms with E-state index in [1.165, 1.54) is 5.56 Å². The largest absolute Gasteiger partial charge is 0.370 e. The molecule has 2 aromatic rings. The van der Waals surface area contributed by atoms with E-state index in [1.807, 2.05) is 0 Å². The highest BCUT2D eigenvalue weighted by atomic mass is 35.5. The molecule has 0 aliphatic carbocycles. The van der Waals surface area contributed by atoms with Crippen molar-refractivity contribution in [2.45, 2.75) is 26.9 Å². The van der Waals surface area contributed by atoms with E-state index < -0.39 is 0 Å². The Bertz CT molecular complexity index is 552. The zero-order valence-electron chi connectivity index (χ0n) is 12.9. The lowest BCUT2D eigenvalue weighted by atomic mass is 10.1. The maximum absolute atomic E-state index is 6.41. The first-order valence-electron chi connectivity index (χ1n) is 7.27. The van der Waals surface area contributed by atoms with Gasteiger partial charge in [-0.3, -0.25) is 0 Å². The highest BCUT2D eigenvalue weighted by molar-refractivity contribution is 7.07. The van der Waals surface area contributed by atoms with E-state index in [9.17, 15) is 0 Å². The Morgan fingerprint density at radius 1 is 1.29 bits per heavy atom. The van der Waals surface area contributed by atoms with E-state index in [2.05, 4.69) is 66.1 Å². The van der Waals surface area contributed by atoms with Crippen LogP contribution in [0.2, 0.25) is 5.02 Å². The quantitative estimate of drug-likeness (QED) is 0.789. The molecule has 0 amide bonds. The van der Waals surface area contributed by atoms with Gasteiger partial charge >= 0.3 is 0 Å². The van der Waals surface area contributed by atoms with Crippen LogP contribution in [-0.2, 0) is 13.1 Å². The van der Waals surface area contributed by atoms with Crippen LogP contribution in [0.4, 0.5) is 5.69 Å². The molecule has 2 rings (SSSR count). The molecule has 1 aromatic carbocycles. The lowest BCUT2D eigenvalue weighted by Gasteiger charge is -2.20. The van der Waals surface area contributed by atoms with Gasteiger partial charge in [-0.15, -0.1) is 0 Å². The molecule has 0 saturated heterocycles. The number of halogens is 1. The summed E-state index contributed by atoms with van der Waals surface area (Å²) in [6.07, 6.45) is 0. The van der Waals surface area contributed by atoms with Gasteiger partial charge in [-0.1, -0.05) is 31.5 Å². The number of anilines is 1. The van der Waals surface area contributed by atoms with Crippen LogP contribution in [0.1, 0.15) is 25.0 Å². The maximum atomic E-state index is 6.41. The van der Waals surface area contributed by atoms with Crippen molar-refractivity contribution in [2.24, 2.45) is 5.92 Å². The second-order valence-corrected chi connectivity index (χ2v) is 6.98. The van der Waals surface area contributed by atoms with Gasteiger partial charge in [0.15, 0.2) is 0 Å². The second kappa shape index (κ2) is 7.83. The Morgan fingerprint density at radius 2 is 2.10 bits per heavy atom. The van der Waals surface area contributed by atoms with Gasteiger partial charge in [0.1, 0.15) is 0 Å². The topological polar surface area (TPSA) is 15.3 Å². The lowest BCUT2D eigenvalue weighted by Crippen LogP contribution is -2.19. The molecular formula is C17H23ClN2S. The third-order valence-corrected chi connectivity index (χ3v) is 4.43. The van der Waals surface area contributed by atoms with Gasteiger partial charge in [-0.05, 0) is 52.5 Å². The molecule has 0 unspecified atom stereocenters. The third-order valence-electron chi connectivity index (χ3n) is 3.35. The normalized spacial score (nSPS) is 11.1. The summed E-state index contributed by atoms with van der Waals surface area (Å²) in [7, 11) is 2.10. The number of hydrogen-bond donors (Lipinski definition) is 1. The summed E-state index contributed by atoms with van der Waals surface area (Å²) in [4.78, 5) is 2.22. The monoisotopic (exact) mass is 322 g/mol. The van der Waals surface area contributed by atoms with Crippen LogP contribution in [-0.4, -0.2) is 13.6 Å². The summed E-state index contributed by atoms with van der Waals surface area (Å²) in [6.45, 7) is 7.15. The Kier molecular flexibility index (Phi) is 6.09. The minimum atomic E-state index is 0.653. The van der Waals surface area contributed by atoms with Crippen molar-refractivity contribution in [1.82, 2.24) is 5.32 Å². The molecule has 1 aromatic heterocycles. The van der Waals surface area contributed by atoms with Gasteiger partial charge in [0.25, 0.3) is 0 Å². The molecule has 0 saturated carbocycles. The van der Waals surface area contributed by atoms with Crippen molar-refractivity contribution in [3.8, 4) is 0 Å². The van der Waals surface area contributed by atoms with Crippen molar-refractivity contribution < 1.29 is 0 Å². The van der Waals surface area contributed by atoms with Gasteiger partial charge in [0.2, 0.25) is 0 Å². The molecule has 114 valence electrons. The van der Waals surface area contributed by atoms with E-state index in [4.69, 9.17) is 11.6 Å². The number of hydrogen-bond acceptors (Lipinski definition) is 3. The number of rotatable bonds is 7. The molecule has 0 aliphatic rings. The second-order valence-electron chi connectivity index (χ2n) is 5.79. The van der Waals surface area contributed by atoms with Crippen LogP contribution in [0.25, 0.3) is 0 Å². The standard InChI is InChI=1S/C17H23ClN2S/c1-13(2)9-19-10-15-4-5-16(8-17(15)18)20(3)11-14-6-7-21-12-14/h4-8,12-13,19H,9-11H2,1-3H3. The zero-order valence-corrected chi connectivity index (χ0v) is 14.5. The smallest absolute Gasteiger partial charge is 0.0471 e. The minimum absolute atomic E-state index is 0.653. The number of nitrogens with one attached hydrogen (secondary N) is 1. The fraction of sp³-hybridized carbons (Fsp3) is 0.412. The first-order valence-corrected chi connectivity index (χ1v) is 8.59. The Balaban J connectivity index is 1.97. The average Bonchev–Trinajstić information content (AvgIpc) is 2.93. The van der Waals surface area contributed by atoms with Gasteiger partial charge in [0.05, 0.1) is 0 Å². The molecule has 0 aliphatic heterocycles. The Hall–Kier alpha value is -1.03. The van der Waals surface area contributed by atoms with E-state index in [0.29, 0.717) is 5.92 Å². The third kappa shape index (κ3) is 5.03. The van der Waals surface area contributed by atoms with Gasteiger partial charge in [-0.2, -0.15) is 11.3 Å². The summed E-state index contributed by atoms with van der Waals surface area (Å²) in [5.41, 5.74) is 3.64.